The van der Waals surface area contributed by atoms with Gasteiger partial charge in [-0.15, -0.1) is 11.3 Å². The maximum absolute atomic E-state index is 3.69. The van der Waals surface area contributed by atoms with Crippen molar-refractivity contribution < 1.29 is 0 Å². The van der Waals surface area contributed by atoms with Crippen molar-refractivity contribution >= 4 is 11.3 Å². The van der Waals surface area contributed by atoms with Gasteiger partial charge in [0.15, 0.2) is 0 Å². The molecule has 0 amide bonds. The molecule has 1 aliphatic carbocycles. The van der Waals surface area contributed by atoms with Gasteiger partial charge in [0, 0.05) is 10.9 Å². The third kappa shape index (κ3) is 2.86. The average molecular weight is 237 g/mol. The molecule has 1 aromatic rings. The molecule has 0 aliphatic heterocycles. The highest BCUT2D eigenvalue weighted by atomic mass is 32.1. The first-order valence-electron chi connectivity index (χ1n) is 6.58. The van der Waals surface area contributed by atoms with E-state index in [-0.39, 0.29) is 0 Å². The Balaban J connectivity index is 1.94. The van der Waals surface area contributed by atoms with Crippen molar-refractivity contribution in [3.63, 3.8) is 0 Å². The second-order valence-electron chi connectivity index (χ2n) is 4.98. The lowest BCUT2D eigenvalue weighted by atomic mass is 9.84. The van der Waals surface area contributed by atoms with Crippen LogP contribution in [0.3, 0.4) is 0 Å². The van der Waals surface area contributed by atoms with E-state index in [1.54, 1.807) is 4.88 Å². The largest absolute Gasteiger partial charge is 0.314 e. The Morgan fingerprint density at radius 2 is 2.31 bits per heavy atom. The van der Waals surface area contributed by atoms with Crippen molar-refractivity contribution in [2.75, 3.05) is 6.54 Å². The lowest BCUT2D eigenvalue weighted by Crippen LogP contribution is -2.33. The van der Waals surface area contributed by atoms with Gasteiger partial charge in [0.1, 0.15) is 0 Å². The summed E-state index contributed by atoms with van der Waals surface area (Å²) in [6.07, 6.45) is 6.76. The molecule has 16 heavy (non-hydrogen) atoms. The maximum atomic E-state index is 3.69. The van der Waals surface area contributed by atoms with Crippen LogP contribution in [0.5, 0.6) is 0 Å². The Morgan fingerprint density at radius 1 is 1.44 bits per heavy atom. The highest BCUT2D eigenvalue weighted by Crippen LogP contribution is 2.37. The van der Waals surface area contributed by atoms with Crippen molar-refractivity contribution in [1.82, 2.24) is 5.32 Å². The second-order valence-corrected chi connectivity index (χ2v) is 5.93. The molecule has 1 nitrogen and oxygen atoms in total. The van der Waals surface area contributed by atoms with Gasteiger partial charge in [0.25, 0.3) is 0 Å². The standard InChI is InChI=1S/C14H23NS/c1-3-8-15-13-6-4-5-12(10-13)14-11(2)7-9-16-14/h7,9,12-13,15H,3-6,8,10H2,1-2H3. The molecular formula is C14H23NS. The van der Waals surface area contributed by atoms with Crippen LogP contribution < -0.4 is 5.32 Å². The van der Waals surface area contributed by atoms with E-state index in [1.807, 2.05) is 11.3 Å². The van der Waals surface area contributed by atoms with Gasteiger partial charge in [0.2, 0.25) is 0 Å². The number of hydrogen-bond acceptors (Lipinski definition) is 2. The second kappa shape index (κ2) is 5.83. The monoisotopic (exact) mass is 237 g/mol. The highest BCUT2D eigenvalue weighted by Gasteiger charge is 2.24. The first-order valence-corrected chi connectivity index (χ1v) is 7.46. The van der Waals surface area contributed by atoms with Gasteiger partial charge in [-0.1, -0.05) is 13.3 Å². The fourth-order valence-electron chi connectivity index (χ4n) is 2.76. The van der Waals surface area contributed by atoms with Crippen molar-refractivity contribution in [3.05, 3.63) is 21.9 Å². The van der Waals surface area contributed by atoms with Crippen molar-refractivity contribution in [2.45, 2.75) is 57.9 Å². The third-order valence-electron chi connectivity index (χ3n) is 3.63. The minimum absolute atomic E-state index is 0.764. The Hall–Kier alpha value is -0.340. The Morgan fingerprint density at radius 3 is 3.00 bits per heavy atom. The topological polar surface area (TPSA) is 12.0 Å². The van der Waals surface area contributed by atoms with Crippen LogP contribution in [0.15, 0.2) is 11.4 Å². The van der Waals surface area contributed by atoms with E-state index in [4.69, 9.17) is 0 Å². The fraction of sp³-hybridized carbons (Fsp3) is 0.714. The smallest absolute Gasteiger partial charge is 0.0106 e. The minimum Gasteiger partial charge on any atom is -0.314 e. The van der Waals surface area contributed by atoms with Crippen molar-refractivity contribution in [2.24, 2.45) is 0 Å². The summed E-state index contributed by atoms with van der Waals surface area (Å²) in [6, 6.07) is 3.03. The Labute approximate surface area is 103 Å². The van der Waals surface area contributed by atoms with Gasteiger partial charge in [-0.25, -0.2) is 0 Å². The fourth-order valence-corrected chi connectivity index (χ4v) is 3.84. The summed E-state index contributed by atoms with van der Waals surface area (Å²) in [5.41, 5.74) is 1.51. The van der Waals surface area contributed by atoms with Crippen LogP contribution in [0.4, 0.5) is 0 Å². The molecule has 2 rings (SSSR count). The molecule has 0 bridgehead atoms. The van der Waals surface area contributed by atoms with E-state index in [0.717, 1.165) is 12.0 Å². The van der Waals surface area contributed by atoms with Gasteiger partial charge in [-0.05, 0) is 62.1 Å². The molecule has 0 spiro atoms. The summed E-state index contributed by atoms with van der Waals surface area (Å²) < 4.78 is 0. The number of aryl methyl sites for hydroxylation is 1. The Kier molecular flexibility index (Phi) is 4.42. The van der Waals surface area contributed by atoms with Crippen LogP contribution in [0, 0.1) is 6.92 Å². The normalized spacial score (nSPS) is 25.9. The molecule has 1 saturated carbocycles. The highest BCUT2D eigenvalue weighted by molar-refractivity contribution is 7.10. The molecule has 2 atom stereocenters. The zero-order valence-electron chi connectivity index (χ0n) is 10.5. The Bertz CT molecular complexity index is 318. The quantitative estimate of drug-likeness (QED) is 0.832. The summed E-state index contributed by atoms with van der Waals surface area (Å²) >= 11 is 1.95. The predicted octanol–water partition coefficient (Wildman–Crippen LogP) is 4.08. The summed E-state index contributed by atoms with van der Waals surface area (Å²) in [5.74, 6) is 0.822. The lowest BCUT2D eigenvalue weighted by molar-refractivity contribution is 0.342. The van der Waals surface area contributed by atoms with E-state index in [1.165, 1.54) is 44.2 Å². The summed E-state index contributed by atoms with van der Waals surface area (Å²) in [5, 5.41) is 5.93. The number of nitrogens with one attached hydrogen (secondary N) is 1. The molecule has 1 aliphatic rings. The van der Waals surface area contributed by atoms with Crippen LogP contribution in [-0.4, -0.2) is 12.6 Å². The number of thiophene rings is 1. The van der Waals surface area contributed by atoms with E-state index >= 15 is 0 Å². The maximum Gasteiger partial charge on any atom is 0.0106 e. The molecule has 90 valence electrons. The molecule has 2 unspecified atom stereocenters. The summed E-state index contributed by atoms with van der Waals surface area (Å²) in [7, 11) is 0. The summed E-state index contributed by atoms with van der Waals surface area (Å²) in [4.78, 5) is 1.64. The van der Waals surface area contributed by atoms with Crippen LogP contribution in [0.2, 0.25) is 0 Å². The van der Waals surface area contributed by atoms with Crippen LogP contribution >= 0.6 is 11.3 Å². The van der Waals surface area contributed by atoms with E-state index < -0.39 is 0 Å². The van der Waals surface area contributed by atoms with Crippen LogP contribution in [-0.2, 0) is 0 Å². The van der Waals surface area contributed by atoms with E-state index in [2.05, 4.69) is 30.6 Å². The molecular weight excluding hydrogens is 214 g/mol. The predicted molar refractivity (Wildman–Crippen MR) is 72.3 cm³/mol. The molecule has 1 aromatic heterocycles. The zero-order valence-corrected chi connectivity index (χ0v) is 11.3. The van der Waals surface area contributed by atoms with Gasteiger partial charge in [-0.2, -0.15) is 0 Å². The lowest BCUT2D eigenvalue weighted by Gasteiger charge is -2.29. The van der Waals surface area contributed by atoms with Gasteiger partial charge in [0.05, 0.1) is 0 Å². The average Bonchev–Trinajstić information content (AvgIpc) is 2.73. The molecule has 2 heteroatoms. The molecule has 1 fully saturated rings. The molecule has 0 radical (unpaired) electrons. The van der Waals surface area contributed by atoms with E-state index in [0.29, 0.717) is 0 Å². The van der Waals surface area contributed by atoms with Crippen molar-refractivity contribution in [3.8, 4) is 0 Å². The molecule has 0 aromatic carbocycles. The minimum atomic E-state index is 0.764. The number of hydrogen-bond donors (Lipinski definition) is 1. The van der Waals surface area contributed by atoms with Gasteiger partial charge in [-0.3, -0.25) is 0 Å². The van der Waals surface area contributed by atoms with Crippen molar-refractivity contribution in [1.29, 1.82) is 0 Å². The van der Waals surface area contributed by atoms with Crippen LogP contribution in [0.25, 0.3) is 0 Å². The first kappa shape index (κ1) is 12.1. The number of rotatable bonds is 4. The summed E-state index contributed by atoms with van der Waals surface area (Å²) in [6.45, 7) is 5.69. The van der Waals surface area contributed by atoms with Gasteiger partial charge >= 0.3 is 0 Å². The molecule has 1 N–H and O–H groups in total. The van der Waals surface area contributed by atoms with E-state index in [9.17, 15) is 0 Å². The van der Waals surface area contributed by atoms with Gasteiger partial charge < -0.3 is 5.32 Å². The first-order chi connectivity index (χ1) is 7.81. The van der Waals surface area contributed by atoms with Crippen LogP contribution in [0.1, 0.15) is 55.4 Å². The molecule has 1 heterocycles. The SMILES string of the molecule is CCCNC1CCCC(c2sccc2C)C1. The molecule has 0 saturated heterocycles. The zero-order chi connectivity index (χ0) is 11.4. The third-order valence-corrected chi connectivity index (χ3v) is 4.81.